The molecule has 2 aromatic rings. The molecule has 0 unspecified atom stereocenters. The number of hydrogen-bond acceptors (Lipinski definition) is 4. The van der Waals surface area contributed by atoms with Gasteiger partial charge in [-0.25, -0.2) is 9.59 Å². The molecule has 0 saturated heterocycles. The monoisotopic (exact) mass is 282 g/mol. The van der Waals surface area contributed by atoms with Crippen LogP contribution in [0.2, 0.25) is 0 Å². The Bertz CT molecular complexity index is 766. The first-order valence-corrected chi connectivity index (χ1v) is 6.66. The highest BCUT2D eigenvalue weighted by molar-refractivity contribution is 7.17. The summed E-state index contributed by atoms with van der Waals surface area (Å²) in [5.41, 5.74) is -1.01. The maximum atomic E-state index is 12.1. The van der Waals surface area contributed by atoms with Gasteiger partial charge < -0.3 is 5.11 Å². The lowest BCUT2D eigenvalue weighted by molar-refractivity contribution is 0.0699. The number of rotatable bonds is 3. The molecule has 1 N–H and O–H groups in total. The van der Waals surface area contributed by atoms with Crippen molar-refractivity contribution in [3.63, 3.8) is 0 Å². The zero-order chi connectivity index (χ0) is 14.3. The van der Waals surface area contributed by atoms with Crippen LogP contribution < -0.4 is 11.2 Å². The van der Waals surface area contributed by atoms with Crippen LogP contribution in [-0.2, 0) is 13.6 Å². The van der Waals surface area contributed by atoms with Gasteiger partial charge in [-0.2, -0.15) is 0 Å². The molecule has 19 heavy (non-hydrogen) atoms. The number of aromatic nitrogens is 2. The minimum Gasteiger partial charge on any atom is -0.478 e. The standard InChI is InChI=1S/C12H14N2O4S/c1-6(2)4-14-10-8(7(5-19-10)11(16)17)9(15)13(3)12(14)18/h5-6H,4H2,1-3H3,(H,16,17). The lowest BCUT2D eigenvalue weighted by atomic mass is 10.2. The van der Waals surface area contributed by atoms with Gasteiger partial charge in [-0.3, -0.25) is 13.9 Å². The van der Waals surface area contributed by atoms with Crippen molar-refractivity contribution in [2.45, 2.75) is 20.4 Å². The molecule has 0 spiro atoms. The average molecular weight is 282 g/mol. The summed E-state index contributed by atoms with van der Waals surface area (Å²) in [5, 5.41) is 10.6. The highest BCUT2D eigenvalue weighted by Crippen LogP contribution is 2.22. The zero-order valence-electron chi connectivity index (χ0n) is 10.8. The van der Waals surface area contributed by atoms with Crippen molar-refractivity contribution in [1.82, 2.24) is 9.13 Å². The number of hydrogen-bond donors (Lipinski definition) is 1. The van der Waals surface area contributed by atoms with Gasteiger partial charge in [0.1, 0.15) is 4.83 Å². The van der Waals surface area contributed by atoms with Gasteiger partial charge in [-0.15, -0.1) is 11.3 Å². The Morgan fingerprint density at radius 2 is 2.05 bits per heavy atom. The van der Waals surface area contributed by atoms with Crippen LogP contribution >= 0.6 is 11.3 Å². The Hall–Kier alpha value is -1.89. The summed E-state index contributed by atoms with van der Waals surface area (Å²) in [4.78, 5) is 35.7. The number of carboxylic acid groups (broad SMARTS) is 1. The van der Waals surface area contributed by atoms with E-state index in [1.54, 1.807) is 0 Å². The SMILES string of the molecule is CC(C)Cn1c(=O)n(C)c(=O)c2c(C(=O)O)csc21. The van der Waals surface area contributed by atoms with Crippen molar-refractivity contribution in [3.05, 3.63) is 31.8 Å². The van der Waals surface area contributed by atoms with Gasteiger partial charge in [-0.1, -0.05) is 13.8 Å². The largest absolute Gasteiger partial charge is 0.478 e. The maximum Gasteiger partial charge on any atom is 0.337 e. The fraction of sp³-hybridized carbons (Fsp3) is 0.417. The first-order valence-electron chi connectivity index (χ1n) is 5.79. The Balaban J connectivity index is 2.94. The minimum atomic E-state index is -1.15. The molecule has 6 nitrogen and oxygen atoms in total. The molecule has 2 rings (SSSR count). The van der Waals surface area contributed by atoms with E-state index in [1.807, 2.05) is 13.8 Å². The van der Waals surface area contributed by atoms with Crippen molar-refractivity contribution in [2.75, 3.05) is 0 Å². The van der Waals surface area contributed by atoms with Gasteiger partial charge in [0, 0.05) is 19.0 Å². The Kier molecular flexibility index (Phi) is 3.32. The molecule has 0 fully saturated rings. The van der Waals surface area contributed by atoms with Gasteiger partial charge >= 0.3 is 11.7 Å². The Labute approximate surface area is 112 Å². The normalized spacial score (nSPS) is 11.4. The van der Waals surface area contributed by atoms with E-state index in [0.717, 1.165) is 15.9 Å². The highest BCUT2D eigenvalue weighted by atomic mass is 32.1. The second kappa shape index (κ2) is 4.65. The fourth-order valence-electron chi connectivity index (χ4n) is 1.96. The van der Waals surface area contributed by atoms with Gasteiger partial charge in [0.25, 0.3) is 5.56 Å². The summed E-state index contributed by atoms with van der Waals surface area (Å²) >= 11 is 1.12. The molecule has 0 aliphatic carbocycles. The van der Waals surface area contributed by atoms with Gasteiger partial charge in [0.15, 0.2) is 0 Å². The summed E-state index contributed by atoms with van der Waals surface area (Å²) in [7, 11) is 1.37. The number of fused-ring (bicyclic) bond motifs is 1. The topological polar surface area (TPSA) is 81.3 Å². The van der Waals surface area contributed by atoms with Crippen molar-refractivity contribution in [1.29, 1.82) is 0 Å². The molecule has 2 aromatic heterocycles. The summed E-state index contributed by atoms with van der Waals surface area (Å²) in [5.74, 6) is -0.938. The van der Waals surface area contributed by atoms with E-state index < -0.39 is 17.2 Å². The van der Waals surface area contributed by atoms with Crippen molar-refractivity contribution < 1.29 is 9.90 Å². The lowest BCUT2D eigenvalue weighted by Gasteiger charge is -2.11. The van der Waals surface area contributed by atoms with E-state index >= 15 is 0 Å². The van der Waals surface area contributed by atoms with E-state index in [9.17, 15) is 14.4 Å². The molecule has 102 valence electrons. The number of carbonyl (C=O) groups is 1. The zero-order valence-corrected chi connectivity index (χ0v) is 11.7. The second-order valence-electron chi connectivity index (χ2n) is 4.79. The molecule has 0 atom stereocenters. The van der Waals surface area contributed by atoms with Crippen LogP contribution in [0.3, 0.4) is 0 Å². The Morgan fingerprint density at radius 1 is 1.42 bits per heavy atom. The van der Waals surface area contributed by atoms with E-state index in [2.05, 4.69) is 0 Å². The van der Waals surface area contributed by atoms with Crippen molar-refractivity contribution in [2.24, 2.45) is 13.0 Å². The van der Waals surface area contributed by atoms with Crippen LogP contribution in [0.4, 0.5) is 0 Å². The molecule has 0 bridgehead atoms. The number of carboxylic acids is 1. The lowest BCUT2D eigenvalue weighted by Crippen LogP contribution is -2.38. The van der Waals surface area contributed by atoms with Gasteiger partial charge in [-0.05, 0) is 5.92 Å². The van der Waals surface area contributed by atoms with Crippen LogP contribution in [0.5, 0.6) is 0 Å². The summed E-state index contributed by atoms with van der Waals surface area (Å²) in [6, 6.07) is 0. The van der Waals surface area contributed by atoms with Crippen LogP contribution in [0.15, 0.2) is 15.0 Å². The third-order valence-electron chi connectivity index (χ3n) is 2.83. The number of thiophene rings is 1. The molecule has 0 aliphatic rings. The quantitative estimate of drug-likeness (QED) is 0.914. The van der Waals surface area contributed by atoms with E-state index in [-0.39, 0.29) is 16.9 Å². The third kappa shape index (κ3) is 2.10. The molecular weight excluding hydrogens is 268 g/mol. The molecule has 2 heterocycles. The molecular formula is C12H14N2O4S. The smallest absolute Gasteiger partial charge is 0.337 e. The Morgan fingerprint density at radius 3 is 2.58 bits per heavy atom. The van der Waals surface area contributed by atoms with Crippen molar-refractivity contribution >= 4 is 27.5 Å². The van der Waals surface area contributed by atoms with Crippen LogP contribution in [0.25, 0.3) is 10.2 Å². The summed E-state index contributed by atoms with van der Waals surface area (Å²) < 4.78 is 2.43. The van der Waals surface area contributed by atoms with Gasteiger partial charge in [0.2, 0.25) is 0 Å². The molecule has 0 radical (unpaired) electrons. The third-order valence-corrected chi connectivity index (χ3v) is 3.83. The van der Waals surface area contributed by atoms with Gasteiger partial charge in [0.05, 0.1) is 10.9 Å². The van der Waals surface area contributed by atoms with E-state index in [1.165, 1.54) is 17.0 Å². The summed E-state index contributed by atoms with van der Waals surface area (Å²) in [6.07, 6.45) is 0. The molecule has 0 aromatic carbocycles. The van der Waals surface area contributed by atoms with Crippen molar-refractivity contribution in [3.8, 4) is 0 Å². The number of nitrogens with zero attached hydrogens (tertiary/aromatic N) is 2. The number of aromatic carboxylic acids is 1. The second-order valence-corrected chi connectivity index (χ2v) is 5.64. The highest BCUT2D eigenvalue weighted by Gasteiger charge is 2.20. The predicted octanol–water partition coefficient (Wildman–Crippen LogP) is 1.12. The fourth-order valence-corrected chi connectivity index (χ4v) is 3.00. The average Bonchev–Trinajstić information content (AvgIpc) is 2.76. The first kappa shape index (κ1) is 13.5. The molecule has 0 aliphatic heterocycles. The summed E-state index contributed by atoms with van der Waals surface area (Å²) in [6.45, 7) is 4.35. The van der Waals surface area contributed by atoms with Crippen LogP contribution in [-0.4, -0.2) is 20.2 Å². The predicted molar refractivity (Wildman–Crippen MR) is 73.1 cm³/mol. The van der Waals surface area contributed by atoms with Crippen LogP contribution in [0.1, 0.15) is 24.2 Å². The molecule has 0 saturated carbocycles. The van der Waals surface area contributed by atoms with E-state index in [4.69, 9.17) is 5.11 Å². The van der Waals surface area contributed by atoms with Crippen LogP contribution in [0, 0.1) is 5.92 Å². The first-order chi connectivity index (χ1) is 8.84. The van der Waals surface area contributed by atoms with E-state index in [0.29, 0.717) is 11.4 Å². The maximum absolute atomic E-state index is 12.1. The minimum absolute atomic E-state index is 0.0434. The molecule has 0 amide bonds. The molecule has 7 heteroatoms.